The first-order chi connectivity index (χ1) is 15.3. The largest absolute Gasteiger partial charge is 0.497 e. The zero-order valence-electron chi connectivity index (χ0n) is 17.6. The number of aryl methyl sites for hydroxylation is 1. The number of amides is 1. The van der Waals surface area contributed by atoms with Crippen LogP contribution in [0.3, 0.4) is 0 Å². The van der Waals surface area contributed by atoms with Crippen molar-refractivity contribution in [2.45, 2.75) is 25.2 Å². The van der Waals surface area contributed by atoms with Crippen molar-refractivity contribution in [3.63, 3.8) is 0 Å². The van der Waals surface area contributed by atoms with Crippen LogP contribution in [-0.4, -0.2) is 56.5 Å². The highest BCUT2D eigenvalue weighted by atomic mass is 19.3. The van der Waals surface area contributed by atoms with Gasteiger partial charge in [-0.25, -0.2) is 18.3 Å². The van der Waals surface area contributed by atoms with Gasteiger partial charge in [0.25, 0.3) is 17.6 Å². The first-order valence-corrected chi connectivity index (χ1v) is 10.3. The standard InChI is InChI=1S/C23H21F2N5O2/c1-14-7-20(30-22(28-14)26-13-27-30)18-10-23(24,25)12-29(11-18)21(31)17-4-3-16-9-19(32-2)6-5-15(16)8-17/h3-9,13,18H,10-12H2,1-2H3. The molecule has 4 aromatic rings. The molecule has 164 valence electrons. The Bertz CT molecular complexity index is 1340. The van der Waals surface area contributed by atoms with E-state index in [2.05, 4.69) is 15.1 Å². The number of carbonyl (C=O) groups excluding carboxylic acids is 1. The molecular formula is C23H21F2N5O2. The second-order valence-corrected chi connectivity index (χ2v) is 8.16. The number of hydrogen-bond donors (Lipinski definition) is 0. The van der Waals surface area contributed by atoms with Gasteiger partial charge in [0.15, 0.2) is 0 Å². The lowest BCUT2D eigenvalue weighted by Gasteiger charge is -2.37. The number of ether oxygens (including phenoxy) is 1. The van der Waals surface area contributed by atoms with Gasteiger partial charge in [-0.15, -0.1) is 0 Å². The van der Waals surface area contributed by atoms with Crippen LogP contribution in [0.25, 0.3) is 16.6 Å². The summed E-state index contributed by atoms with van der Waals surface area (Å²) in [6, 6.07) is 12.4. The van der Waals surface area contributed by atoms with Gasteiger partial charge in [-0.3, -0.25) is 4.79 Å². The lowest BCUT2D eigenvalue weighted by atomic mass is 9.91. The predicted octanol–water partition coefficient (Wildman–Crippen LogP) is 3.86. The van der Waals surface area contributed by atoms with Crippen molar-refractivity contribution in [1.29, 1.82) is 0 Å². The smallest absolute Gasteiger partial charge is 0.266 e. The van der Waals surface area contributed by atoms with E-state index in [-0.39, 0.29) is 13.0 Å². The quantitative estimate of drug-likeness (QED) is 0.487. The van der Waals surface area contributed by atoms with Crippen molar-refractivity contribution >= 4 is 22.5 Å². The number of rotatable bonds is 3. The average Bonchev–Trinajstić information content (AvgIpc) is 3.24. The summed E-state index contributed by atoms with van der Waals surface area (Å²) in [6.07, 6.45) is 0.978. The predicted molar refractivity (Wildman–Crippen MR) is 114 cm³/mol. The van der Waals surface area contributed by atoms with Crippen LogP contribution in [0.5, 0.6) is 5.75 Å². The Morgan fingerprint density at radius 1 is 1.16 bits per heavy atom. The Labute approximate surface area is 182 Å². The molecule has 5 rings (SSSR count). The number of hydrogen-bond acceptors (Lipinski definition) is 5. The minimum Gasteiger partial charge on any atom is -0.497 e. The third kappa shape index (κ3) is 3.63. The molecule has 0 spiro atoms. The molecule has 1 aliphatic heterocycles. The van der Waals surface area contributed by atoms with Gasteiger partial charge >= 0.3 is 0 Å². The molecule has 1 fully saturated rings. The molecule has 0 bridgehead atoms. The van der Waals surface area contributed by atoms with Gasteiger partial charge in [0.1, 0.15) is 12.1 Å². The van der Waals surface area contributed by atoms with Crippen LogP contribution in [0.1, 0.15) is 34.1 Å². The summed E-state index contributed by atoms with van der Waals surface area (Å²) in [7, 11) is 1.59. The first-order valence-electron chi connectivity index (χ1n) is 10.3. The highest BCUT2D eigenvalue weighted by molar-refractivity contribution is 5.99. The zero-order valence-corrected chi connectivity index (χ0v) is 17.6. The number of halogens is 2. The Kier molecular flexibility index (Phi) is 4.76. The molecule has 2 aromatic carbocycles. The van der Waals surface area contributed by atoms with Crippen LogP contribution in [0.4, 0.5) is 8.78 Å². The first kappa shape index (κ1) is 20.3. The third-order valence-electron chi connectivity index (χ3n) is 5.82. The summed E-state index contributed by atoms with van der Waals surface area (Å²) < 4.78 is 36.2. The highest BCUT2D eigenvalue weighted by Gasteiger charge is 2.43. The molecule has 0 saturated carbocycles. The SMILES string of the molecule is COc1ccc2cc(C(=O)N3CC(c4cc(C)nc5ncnn45)CC(F)(F)C3)ccc2c1. The van der Waals surface area contributed by atoms with E-state index in [1.165, 1.54) is 15.7 Å². The van der Waals surface area contributed by atoms with Gasteiger partial charge in [-0.2, -0.15) is 10.1 Å². The van der Waals surface area contributed by atoms with Crippen molar-refractivity contribution < 1.29 is 18.3 Å². The maximum absolute atomic E-state index is 14.8. The zero-order chi connectivity index (χ0) is 22.5. The fourth-order valence-corrected chi connectivity index (χ4v) is 4.37. The van der Waals surface area contributed by atoms with Crippen LogP contribution in [0, 0.1) is 6.92 Å². The normalized spacial score (nSPS) is 18.2. The molecule has 1 unspecified atom stereocenters. The molecule has 0 N–H and O–H groups in total. The second kappa shape index (κ2) is 7.51. The number of nitrogens with zero attached hydrogens (tertiary/aromatic N) is 5. The minimum absolute atomic E-state index is 0.160. The maximum atomic E-state index is 14.8. The number of alkyl halides is 2. The number of aromatic nitrogens is 4. The van der Waals surface area contributed by atoms with Crippen molar-refractivity contribution in [2.24, 2.45) is 0 Å². The van der Waals surface area contributed by atoms with Crippen LogP contribution < -0.4 is 4.74 Å². The van der Waals surface area contributed by atoms with Gasteiger partial charge in [0.2, 0.25) is 0 Å². The summed E-state index contributed by atoms with van der Waals surface area (Å²) in [5.41, 5.74) is 1.61. The van der Waals surface area contributed by atoms with Crippen LogP contribution in [0.15, 0.2) is 48.8 Å². The Balaban J connectivity index is 1.48. The molecule has 1 saturated heterocycles. The molecule has 9 heteroatoms. The maximum Gasteiger partial charge on any atom is 0.266 e. The van der Waals surface area contributed by atoms with Gasteiger partial charge in [0, 0.05) is 30.1 Å². The number of piperidine rings is 1. The van der Waals surface area contributed by atoms with Gasteiger partial charge < -0.3 is 9.64 Å². The summed E-state index contributed by atoms with van der Waals surface area (Å²) in [4.78, 5) is 22.8. The monoisotopic (exact) mass is 437 g/mol. The molecule has 7 nitrogen and oxygen atoms in total. The summed E-state index contributed by atoms with van der Waals surface area (Å²) in [5, 5.41) is 5.89. The Morgan fingerprint density at radius 3 is 2.75 bits per heavy atom. The van der Waals surface area contributed by atoms with Crippen molar-refractivity contribution in [3.8, 4) is 5.75 Å². The van der Waals surface area contributed by atoms with E-state index in [9.17, 15) is 13.6 Å². The van der Waals surface area contributed by atoms with E-state index in [0.29, 0.717) is 28.5 Å². The van der Waals surface area contributed by atoms with Gasteiger partial charge in [-0.1, -0.05) is 12.1 Å². The molecule has 1 amide bonds. The third-order valence-corrected chi connectivity index (χ3v) is 5.82. The van der Waals surface area contributed by atoms with Crippen molar-refractivity contribution in [2.75, 3.05) is 20.2 Å². The molecule has 2 aromatic heterocycles. The lowest BCUT2D eigenvalue weighted by Crippen LogP contribution is -2.49. The number of likely N-dealkylation sites (tertiary alicyclic amines) is 1. The average molecular weight is 437 g/mol. The molecule has 1 atom stereocenters. The highest BCUT2D eigenvalue weighted by Crippen LogP contribution is 2.37. The molecule has 3 heterocycles. The van der Waals surface area contributed by atoms with E-state index < -0.39 is 24.3 Å². The number of methoxy groups -OCH3 is 1. The van der Waals surface area contributed by atoms with Gasteiger partial charge in [-0.05, 0) is 48.0 Å². The number of benzene rings is 2. The molecule has 0 radical (unpaired) electrons. The molecule has 1 aliphatic rings. The number of carbonyl (C=O) groups is 1. The van der Waals surface area contributed by atoms with E-state index >= 15 is 0 Å². The van der Waals surface area contributed by atoms with E-state index in [4.69, 9.17) is 4.74 Å². The Hall–Kier alpha value is -3.62. The van der Waals surface area contributed by atoms with E-state index in [1.54, 1.807) is 44.4 Å². The lowest BCUT2D eigenvalue weighted by molar-refractivity contribution is -0.0641. The van der Waals surface area contributed by atoms with Gasteiger partial charge in [0.05, 0.1) is 19.3 Å². The van der Waals surface area contributed by atoms with E-state index in [1.807, 2.05) is 12.1 Å². The molecular weight excluding hydrogens is 416 g/mol. The fraction of sp³-hybridized carbons (Fsp3) is 0.304. The van der Waals surface area contributed by atoms with Crippen molar-refractivity contribution in [3.05, 3.63) is 65.7 Å². The summed E-state index contributed by atoms with van der Waals surface area (Å²) in [5.74, 6) is -2.97. The minimum atomic E-state index is -3.02. The fourth-order valence-electron chi connectivity index (χ4n) is 4.37. The van der Waals surface area contributed by atoms with Crippen molar-refractivity contribution in [1.82, 2.24) is 24.5 Å². The molecule has 32 heavy (non-hydrogen) atoms. The number of fused-ring (bicyclic) bond motifs is 2. The molecule has 0 aliphatic carbocycles. The van der Waals surface area contributed by atoms with Crippen LogP contribution in [0.2, 0.25) is 0 Å². The summed E-state index contributed by atoms with van der Waals surface area (Å²) >= 11 is 0. The second-order valence-electron chi connectivity index (χ2n) is 8.16. The van der Waals surface area contributed by atoms with E-state index in [0.717, 1.165) is 10.8 Å². The summed E-state index contributed by atoms with van der Waals surface area (Å²) in [6.45, 7) is 1.33. The topological polar surface area (TPSA) is 72.6 Å². The Morgan fingerprint density at radius 2 is 1.94 bits per heavy atom. The van der Waals surface area contributed by atoms with Crippen LogP contribution >= 0.6 is 0 Å². The van der Waals surface area contributed by atoms with Crippen LogP contribution in [-0.2, 0) is 0 Å².